The number of ether oxygens (including phenoxy) is 2. The number of methoxy groups -OCH3 is 1. The summed E-state index contributed by atoms with van der Waals surface area (Å²) < 4.78 is 10.5. The number of anilines is 1. The molecule has 0 saturated heterocycles. The molecule has 3 aromatic rings. The second-order valence-corrected chi connectivity index (χ2v) is 7.67. The van der Waals surface area contributed by atoms with E-state index in [2.05, 4.69) is 5.32 Å². The molecule has 1 amide bonds. The normalized spacial score (nSPS) is 11.7. The molecule has 29 heavy (non-hydrogen) atoms. The van der Waals surface area contributed by atoms with Crippen molar-refractivity contribution in [3.05, 3.63) is 66.2 Å². The molecule has 6 heteroatoms. The Morgan fingerprint density at radius 3 is 2.55 bits per heavy atom. The van der Waals surface area contributed by atoms with Gasteiger partial charge >= 0.3 is 5.97 Å². The number of fused-ring (bicyclic) bond motifs is 1. The van der Waals surface area contributed by atoms with E-state index in [1.807, 2.05) is 55.5 Å². The minimum absolute atomic E-state index is 0.129. The predicted molar refractivity (Wildman–Crippen MR) is 117 cm³/mol. The maximum absolute atomic E-state index is 12.4. The van der Waals surface area contributed by atoms with Gasteiger partial charge in [0.2, 0.25) is 0 Å². The number of hydrogen-bond donors (Lipinski definition) is 1. The third-order valence-corrected chi connectivity index (χ3v) is 5.34. The molecule has 5 nitrogen and oxygen atoms in total. The van der Waals surface area contributed by atoms with E-state index in [4.69, 9.17) is 9.47 Å². The number of aryl methyl sites for hydroxylation is 1. The Morgan fingerprint density at radius 1 is 1.03 bits per heavy atom. The zero-order chi connectivity index (χ0) is 20.8. The van der Waals surface area contributed by atoms with Gasteiger partial charge in [-0.25, -0.2) is 0 Å². The lowest BCUT2D eigenvalue weighted by molar-refractivity contribution is -0.150. The molecule has 0 aliphatic heterocycles. The van der Waals surface area contributed by atoms with E-state index in [0.717, 1.165) is 21.2 Å². The molecule has 1 atom stereocenters. The fourth-order valence-corrected chi connectivity index (χ4v) is 3.57. The quantitative estimate of drug-likeness (QED) is 0.448. The third-order valence-electron chi connectivity index (χ3n) is 4.37. The summed E-state index contributed by atoms with van der Waals surface area (Å²) in [4.78, 5) is 25.5. The molecule has 0 bridgehead atoms. The molecule has 0 saturated carbocycles. The van der Waals surface area contributed by atoms with E-state index in [-0.39, 0.29) is 5.75 Å². The maximum atomic E-state index is 12.4. The number of carbonyl (C=O) groups excluding carboxylic acids is 2. The second kappa shape index (κ2) is 9.47. The van der Waals surface area contributed by atoms with Crippen molar-refractivity contribution in [2.24, 2.45) is 0 Å². The molecule has 0 aliphatic carbocycles. The van der Waals surface area contributed by atoms with Crippen molar-refractivity contribution >= 4 is 40.1 Å². The molecule has 0 fully saturated rings. The highest BCUT2D eigenvalue weighted by Crippen LogP contribution is 2.26. The zero-order valence-corrected chi connectivity index (χ0v) is 17.4. The fourth-order valence-electron chi connectivity index (χ4n) is 2.84. The van der Waals surface area contributed by atoms with Gasteiger partial charge in [0, 0.05) is 4.90 Å². The Balaban J connectivity index is 1.54. The summed E-state index contributed by atoms with van der Waals surface area (Å²) in [5.41, 5.74) is 1.53. The molecule has 0 spiro atoms. The first-order valence-corrected chi connectivity index (χ1v) is 10.2. The average Bonchev–Trinajstić information content (AvgIpc) is 2.72. The van der Waals surface area contributed by atoms with Crippen LogP contribution < -0.4 is 10.1 Å². The zero-order valence-electron chi connectivity index (χ0n) is 16.6. The lowest BCUT2D eigenvalue weighted by Gasteiger charge is -2.15. The largest absolute Gasteiger partial charge is 0.495 e. The topological polar surface area (TPSA) is 64.6 Å². The summed E-state index contributed by atoms with van der Waals surface area (Å²) in [7, 11) is 1.54. The number of hydrogen-bond acceptors (Lipinski definition) is 5. The van der Waals surface area contributed by atoms with Crippen molar-refractivity contribution in [2.75, 3.05) is 18.2 Å². The predicted octanol–water partition coefficient (Wildman–Crippen LogP) is 4.82. The number of nitrogens with one attached hydrogen (secondary N) is 1. The Labute approximate surface area is 174 Å². The molecule has 3 aromatic carbocycles. The monoisotopic (exact) mass is 409 g/mol. The van der Waals surface area contributed by atoms with E-state index in [0.29, 0.717) is 11.4 Å². The summed E-state index contributed by atoms with van der Waals surface area (Å²) in [5, 5.41) is 5.02. The summed E-state index contributed by atoms with van der Waals surface area (Å²) in [6.07, 6.45) is -0.912. The smallest absolute Gasteiger partial charge is 0.317 e. The van der Waals surface area contributed by atoms with Crippen LogP contribution in [0.2, 0.25) is 0 Å². The van der Waals surface area contributed by atoms with Gasteiger partial charge in [0.05, 0.1) is 18.6 Å². The van der Waals surface area contributed by atoms with Crippen LogP contribution in [0.15, 0.2) is 65.6 Å². The molecule has 0 aliphatic rings. The third kappa shape index (κ3) is 5.51. The molecular weight excluding hydrogens is 386 g/mol. The van der Waals surface area contributed by atoms with Gasteiger partial charge < -0.3 is 14.8 Å². The Kier molecular flexibility index (Phi) is 6.77. The molecule has 150 valence electrons. The van der Waals surface area contributed by atoms with Crippen molar-refractivity contribution < 1.29 is 19.1 Å². The highest BCUT2D eigenvalue weighted by Gasteiger charge is 2.19. The minimum Gasteiger partial charge on any atom is -0.495 e. The average molecular weight is 410 g/mol. The highest BCUT2D eigenvalue weighted by molar-refractivity contribution is 8.00. The van der Waals surface area contributed by atoms with Gasteiger partial charge in [-0.15, -0.1) is 11.8 Å². The van der Waals surface area contributed by atoms with Crippen molar-refractivity contribution in [3.8, 4) is 5.75 Å². The van der Waals surface area contributed by atoms with Crippen molar-refractivity contribution in [3.63, 3.8) is 0 Å². The van der Waals surface area contributed by atoms with Crippen LogP contribution in [0.1, 0.15) is 12.5 Å². The van der Waals surface area contributed by atoms with Gasteiger partial charge in [-0.2, -0.15) is 0 Å². The summed E-state index contributed by atoms with van der Waals surface area (Å²) in [6, 6.07) is 19.6. The van der Waals surface area contributed by atoms with E-state index in [1.165, 1.54) is 18.9 Å². The number of rotatable bonds is 7. The van der Waals surface area contributed by atoms with Crippen LogP contribution in [0.3, 0.4) is 0 Å². The minimum atomic E-state index is -0.912. The fraction of sp³-hybridized carbons (Fsp3) is 0.217. The first-order valence-electron chi connectivity index (χ1n) is 9.23. The van der Waals surface area contributed by atoms with Crippen LogP contribution in [-0.4, -0.2) is 30.8 Å². The van der Waals surface area contributed by atoms with E-state index in [9.17, 15) is 9.59 Å². The lowest BCUT2D eigenvalue weighted by atomic mass is 10.1. The number of benzene rings is 3. The van der Waals surface area contributed by atoms with Gasteiger partial charge in [-0.1, -0.05) is 36.4 Å². The number of amides is 1. The van der Waals surface area contributed by atoms with Crippen molar-refractivity contribution in [1.29, 1.82) is 0 Å². The van der Waals surface area contributed by atoms with E-state index >= 15 is 0 Å². The molecular formula is C23H23NO4S. The van der Waals surface area contributed by atoms with Crippen LogP contribution in [0.4, 0.5) is 5.69 Å². The number of thioether (sulfide) groups is 1. The summed E-state index contributed by atoms with van der Waals surface area (Å²) >= 11 is 1.38. The molecule has 0 aromatic heterocycles. The first kappa shape index (κ1) is 20.7. The van der Waals surface area contributed by atoms with Gasteiger partial charge in [0.15, 0.2) is 6.10 Å². The lowest BCUT2D eigenvalue weighted by Crippen LogP contribution is -2.30. The first-order chi connectivity index (χ1) is 14.0. The van der Waals surface area contributed by atoms with Crippen molar-refractivity contribution in [1.82, 2.24) is 0 Å². The van der Waals surface area contributed by atoms with Gasteiger partial charge in [0.1, 0.15) is 5.75 Å². The molecule has 3 rings (SSSR count). The number of esters is 1. The maximum Gasteiger partial charge on any atom is 0.317 e. The summed E-state index contributed by atoms with van der Waals surface area (Å²) in [5.74, 6) is -0.168. The van der Waals surface area contributed by atoms with Crippen LogP contribution in [0.5, 0.6) is 5.75 Å². The van der Waals surface area contributed by atoms with Crippen LogP contribution in [0, 0.1) is 6.92 Å². The van der Waals surface area contributed by atoms with E-state index < -0.39 is 18.0 Å². The van der Waals surface area contributed by atoms with Crippen LogP contribution in [-0.2, 0) is 14.3 Å². The standard InChI is InChI=1S/C23H23NO4S/c1-15-8-11-21(27-3)20(12-15)24-23(26)16(2)28-22(25)14-29-19-10-9-17-6-4-5-7-18(17)13-19/h4-13,16H,14H2,1-3H3,(H,24,26). The Morgan fingerprint density at radius 2 is 1.79 bits per heavy atom. The highest BCUT2D eigenvalue weighted by atomic mass is 32.2. The molecule has 1 unspecified atom stereocenters. The van der Waals surface area contributed by atoms with Crippen LogP contribution >= 0.6 is 11.8 Å². The second-order valence-electron chi connectivity index (χ2n) is 6.62. The molecule has 0 radical (unpaired) electrons. The Bertz CT molecular complexity index is 1030. The van der Waals surface area contributed by atoms with Gasteiger partial charge in [-0.3, -0.25) is 9.59 Å². The Hall–Kier alpha value is -2.99. The van der Waals surface area contributed by atoms with E-state index in [1.54, 1.807) is 19.1 Å². The van der Waals surface area contributed by atoms with Gasteiger partial charge in [-0.05, 0) is 54.4 Å². The summed E-state index contributed by atoms with van der Waals surface area (Å²) in [6.45, 7) is 3.47. The van der Waals surface area contributed by atoms with Gasteiger partial charge in [0.25, 0.3) is 5.91 Å². The molecule has 0 heterocycles. The number of carbonyl (C=O) groups is 2. The van der Waals surface area contributed by atoms with Crippen molar-refractivity contribution in [2.45, 2.75) is 24.8 Å². The van der Waals surface area contributed by atoms with Crippen LogP contribution in [0.25, 0.3) is 10.8 Å². The molecule has 1 N–H and O–H groups in total. The SMILES string of the molecule is COc1ccc(C)cc1NC(=O)C(C)OC(=O)CSc1ccc2ccccc2c1.